The maximum Gasteiger partial charge on any atom is 0.180 e. The van der Waals surface area contributed by atoms with E-state index in [2.05, 4.69) is 68.9 Å². The molecule has 288 valence electrons. The fourth-order valence-corrected chi connectivity index (χ4v) is 10.3. The van der Waals surface area contributed by atoms with E-state index < -0.39 is 0 Å². The Morgan fingerprint density at radius 3 is 1.60 bits per heavy atom. The number of likely N-dealkylation sites (tertiary alicyclic amines) is 3. The smallest absolute Gasteiger partial charge is 0.180 e. The highest BCUT2D eigenvalue weighted by atomic mass is 16.7. The molecule has 10 fully saturated rings. The lowest BCUT2D eigenvalue weighted by molar-refractivity contribution is -0.176. The molecule has 11 nitrogen and oxygen atoms in total. The molecule has 0 bridgehead atoms. The summed E-state index contributed by atoms with van der Waals surface area (Å²) in [6.45, 7) is 27.4. The molecule has 1 aliphatic carbocycles. The van der Waals surface area contributed by atoms with Gasteiger partial charge in [-0.15, -0.1) is 0 Å². The lowest BCUT2D eigenvalue weighted by Crippen LogP contribution is -2.56. The molecular formula is C39H74N8O3. The molecule has 5 spiro atoms. The van der Waals surface area contributed by atoms with Gasteiger partial charge in [0.25, 0.3) is 0 Å². The molecule has 9 heterocycles. The minimum Gasteiger partial charge on any atom is -0.471 e. The molecule has 0 radical (unpaired) electrons. The SMILES string of the molecule is C1CCC2(CC1)OCCO2.C=C1NCC2(CCNCC2)O1.CCN1CC2(CCNC2)C1.CN1CC2(CCNC2)C1.CN1CCC2(CCNC2)C1. The van der Waals surface area contributed by atoms with E-state index in [0.717, 1.165) is 64.4 Å². The van der Waals surface area contributed by atoms with Crippen LogP contribution >= 0.6 is 0 Å². The lowest BCUT2D eigenvalue weighted by Gasteiger charge is -2.47. The molecule has 10 aliphatic rings. The standard InChI is InChI=1S/C8H14N2O.2C8H16N2.C8H14O2.C7H14N2/c1-7-10-6-8(11-7)2-4-9-5-3-8;1-10-5-3-8(7-10)2-4-9-6-8;1-2-10-6-8(7-10)3-4-9-5-8;1-2-4-8(5-3-1)9-6-7-10-8;1-9-5-7(6-9)2-3-8-4-7/h9-10H,1-6H2;2*9H,2-7H2,1H3;1-7H2;8H,2-6H2,1H3. The van der Waals surface area contributed by atoms with E-state index in [4.69, 9.17) is 14.2 Å². The van der Waals surface area contributed by atoms with Gasteiger partial charge in [0.15, 0.2) is 11.7 Å². The van der Waals surface area contributed by atoms with E-state index in [-0.39, 0.29) is 11.4 Å². The molecule has 11 heteroatoms. The van der Waals surface area contributed by atoms with Gasteiger partial charge >= 0.3 is 0 Å². The second-order valence-corrected chi connectivity index (χ2v) is 17.7. The van der Waals surface area contributed by atoms with Crippen LogP contribution in [0.25, 0.3) is 0 Å². The van der Waals surface area contributed by atoms with E-state index in [0.29, 0.717) is 16.2 Å². The zero-order valence-electron chi connectivity index (χ0n) is 32.3. The van der Waals surface area contributed by atoms with Gasteiger partial charge in [-0.25, -0.2) is 0 Å². The fourth-order valence-electron chi connectivity index (χ4n) is 10.3. The third-order valence-corrected chi connectivity index (χ3v) is 13.3. The molecule has 0 aromatic heterocycles. The van der Waals surface area contributed by atoms with Crippen LogP contribution in [0.2, 0.25) is 0 Å². The van der Waals surface area contributed by atoms with Gasteiger partial charge in [-0.1, -0.05) is 13.3 Å². The molecule has 0 aromatic rings. The second kappa shape index (κ2) is 17.4. The van der Waals surface area contributed by atoms with Gasteiger partial charge in [-0.3, -0.25) is 0 Å². The van der Waals surface area contributed by atoms with Crippen LogP contribution < -0.4 is 26.6 Å². The summed E-state index contributed by atoms with van der Waals surface area (Å²) in [6.07, 6.45) is 14.0. The van der Waals surface area contributed by atoms with Crippen LogP contribution in [0.3, 0.4) is 0 Å². The molecule has 50 heavy (non-hydrogen) atoms. The van der Waals surface area contributed by atoms with Crippen LogP contribution in [0.4, 0.5) is 0 Å². The third kappa shape index (κ3) is 10.1. The minimum atomic E-state index is -0.127. The van der Waals surface area contributed by atoms with Crippen molar-refractivity contribution in [1.82, 2.24) is 41.3 Å². The highest BCUT2D eigenvalue weighted by Crippen LogP contribution is 2.37. The van der Waals surface area contributed by atoms with E-state index in [1.807, 2.05) is 0 Å². The van der Waals surface area contributed by atoms with Gasteiger partial charge < -0.3 is 55.5 Å². The first-order valence-electron chi connectivity index (χ1n) is 20.5. The van der Waals surface area contributed by atoms with Crippen molar-refractivity contribution in [3.63, 3.8) is 0 Å². The highest BCUT2D eigenvalue weighted by Gasteiger charge is 2.44. The Morgan fingerprint density at radius 1 is 0.600 bits per heavy atom. The van der Waals surface area contributed by atoms with Crippen molar-refractivity contribution < 1.29 is 14.2 Å². The average Bonchev–Trinajstić information content (AvgIpc) is 3.95. The van der Waals surface area contributed by atoms with Gasteiger partial charge in [-0.2, -0.15) is 0 Å². The first-order valence-corrected chi connectivity index (χ1v) is 20.5. The summed E-state index contributed by atoms with van der Waals surface area (Å²) in [4.78, 5) is 7.37. The number of nitrogens with one attached hydrogen (secondary N) is 5. The Labute approximate surface area is 304 Å². The van der Waals surface area contributed by atoms with Gasteiger partial charge in [0.1, 0.15) is 5.60 Å². The Balaban J connectivity index is 0.000000108. The van der Waals surface area contributed by atoms with Crippen LogP contribution in [0.1, 0.15) is 77.6 Å². The largest absolute Gasteiger partial charge is 0.471 e. The predicted octanol–water partition coefficient (Wildman–Crippen LogP) is 2.41. The predicted molar refractivity (Wildman–Crippen MR) is 202 cm³/mol. The molecule has 0 amide bonds. The maximum absolute atomic E-state index is 5.64. The first-order chi connectivity index (χ1) is 24.2. The van der Waals surface area contributed by atoms with Crippen LogP contribution in [0, 0.1) is 16.2 Å². The number of rotatable bonds is 1. The molecule has 9 saturated heterocycles. The van der Waals surface area contributed by atoms with Crippen molar-refractivity contribution in [2.75, 3.05) is 132 Å². The summed E-state index contributed by atoms with van der Waals surface area (Å²) in [5.41, 5.74) is 2.15. The second-order valence-electron chi connectivity index (χ2n) is 17.7. The van der Waals surface area contributed by atoms with Crippen molar-refractivity contribution in [2.45, 2.75) is 88.9 Å². The quantitative estimate of drug-likeness (QED) is 0.279. The average molecular weight is 703 g/mol. The molecule has 0 aromatic carbocycles. The van der Waals surface area contributed by atoms with Gasteiger partial charge in [-0.05, 0) is 110 Å². The summed E-state index contributed by atoms with van der Waals surface area (Å²) in [6, 6.07) is 0. The van der Waals surface area contributed by atoms with E-state index in [9.17, 15) is 0 Å². The molecular weight excluding hydrogens is 628 g/mol. The Kier molecular flexibility index (Phi) is 13.5. The number of hydrogen-bond acceptors (Lipinski definition) is 11. The van der Waals surface area contributed by atoms with Crippen LogP contribution in [0.5, 0.6) is 0 Å². The maximum atomic E-state index is 5.64. The third-order valence-electron chi connectivity index (χ3n) is 13.3. The summed E-state index contributed by atoms with van der Waals surface area (Å²) in [5.74, 6) is 0.616. The van der Waals surface area contributed by atoms with Gasteiger partial charge in [0.05, 0.1) is 19.8 Å². The van der Waals surface area contributed by atoms with Gasteiger partial charge in [0.2, 0.25) is 0 Å². The fraction of sp³-hybridized carbons (Fsp3) is 0.949. The molecule has 1 saturated carbocycles. The molecule has 1 atom stereocenters. The summed E-state index contributed by atoms with van der Waals surface area (Å²) < 4.78 is 16.8. The number of hydrogen-bond donors (Lipinski definition) is 5. The zero-order valence-corrected chi connectivity index (χ0v) is 32.3. The summed E-state index contributed by atoms with van der Waals surface area (Å²) >= 11 is 0. The van der Waals surface area contributed by atoms with Crippen molar-refractivity contribution in [3.05, 3.63) is 12.5 Å². The molecule has 1 unspecified atom stereocenters. The van der Waals surface area contributed by atoms with E-state index in [1.54, 1.807) is 0 Å². The topological polar surface area (TPSA) is 97.6 Å². The van der Waals surface area contributed by atoms with Crippen LogP contribution in [0.15, 0.2) is 12.5 Å². The Morgan fingerprint density at radius 2 is 1.14 bits per heavy atom. The van der Waals surface area contributed by atoms with Gasteiger partial charge in [0, 0.05) is 88.9 Å². The summed E-state index contributed by atoms with van der Waals surface area (Å²) in [5, 5.41) is 16.7. The Hall–Kier alpha value is -1.02. The first kappa shape index (κ1) is 38.7. The minimum absolute atomic E-state index is 0.0718. The lowest BCUT2D eigenvalue weighted by atomic mass is 9.79. The molecule has 9 aliphatic heterocycles. The highest BCUT2D eigenvalue weighted by molar-refractivity contribution is 5.02. The zero-order chi connectivity index (χ0) is 35.0. The Bertz CT molecular complexity index is 1010. The monoisotopic (exact) mass is 703 g/mol. The van der Waals surface area contributed by atoms with Crippen molar-refractivity contribution in [3.8, 4) is 0 Å². The normalized spacial score (nSPS) is 32.9. The van der Waals surface area contributed by atoms with Crippen LogP contribution in [-0.4, -0.2) is 158 Å². The van der Waals surface area contributed by atoms with Crippen molar-refractivity contribution >= 4 is 0 Å². The van der Waals surface area contributed by atoms with Crippen molar-refractivity contribution in [1.29, 1.82) is 0 Å². The van der Waals surface area contributed by atoms with E-state index in [1.165, 1.54) is 130 Å². The number of piperidine rings is 1. The number of nitrogens with zero attached hydrogens (tertiary/aromatic N) is 3. The number of ether oxygens (including phenoxy) is 3. The van der Waals surface area contributed by atoms with E-state index >= 15 is 0 Å². The summed E-state index contributed by atoms with van der Waals surface area (Å²) in [7, 11) is 4.43. The van der Waals surface area contributed by atoms with Crippen LogP contribution in [-0.2, 0) is 14.2 Å². The molecule has 5 N–H and O–H groups in total. The van der Waals surface area contributed by atoms with Crippen molar-refractivity contribution in [2.24, 2.45) is 16.2 Å². The molecule has 10 rings (SSSR count).